The molecule has 1 N–H and O–H groups in total. The Kier molecular flexibility index (Phi) is 15.9. The highest BCUT2D eigenvalue weighted by Crippen LogP contribution is 2.21. The van der Waals surface area contributed by atoms with E-state index in [9.17, 15) is 9.59 Å². The molecule has 0 fully saturated rings. The van der Waals surface area contributed by atoms with Crippen LogP contribution in [-0.2, 0) is 19.0 Å². The SMILES string of the molecule is CCCCCCCCCCCCOC(=O)C(NC(=O)OCCOC)C(C)(C)C. The van der Waals surface area contributed by atoms with Crippen LogP contribution in [0.4, 0.5) is 4.79 Å². The highest BCUT2D eigenvalue weighted by molar-refractivity contribution is 5.82. The summed E-state index contributed by atoms with van der Waals surface area (Å²) >= 11 is 0. The summed E-state index contributed by atoms with van der Waals surface area (Å²) in [6.07, 6.45) is 11.7. The van der Waals surface area contributed by atoms with Crippen LogP contribution >= 0.6 is 0 Å². The Hall–Kier alpha value is -1.30. The summed E-state index contributed by atoms with van der Waals surface area (Å²) in [4.78, 5) is 24.2. The zero-order valence-electron chi connectivity index (χ0n) is 18.8. The first-order valence-corrected chi connectivity index (χ1v) is 10.9. The Balaban J connectivity index is 3.96. The van der Waals surface area contributed by atoms with Crippen molar-refractivity contribution >= 4 is 12.1 Å². The minimum Gasteiger partial charge on any atom is -0.464 e. The maximum atomic E-state index is 12.4. The summed E-state index contributed by atoms with van der Waals surface area (Å²) in [6, 6.07) is -0.745. The minimum absolute atomic E-state index is 0.146. The van der Waals surface area contributed by atoms with Crippen molar-refractivity contribution in [3.8, 4) is 0 Å². The van der Waals surface area contributed by atoms with Crippen molar-refractivity contribution in [2.45, 2.75) is 97.9 Å². The van der Waals surface area contributed by atoms with Gasteiger partial charge in [0.2, 0.25) is 0 Å². The predicted molar refractivity (Wildman–Crippen MR) is 112 cm³/mol. The van der Waals surface area contributed by atoms with E-state index in [-0.39, 0.29) is 6.61 Å². The second-order valence-corrected chi connectivity index (χ2v) is 8.42. The molecular formula is C22H43NO5. The molecule has 0 aromatic heterocycles. The molecule has 0 spiro atoms. The molecule has 0 rings (SSSR count). The van der Waals surface area contributed by atoms with Crippen LogP contribution in [-0.4, -0.2) is 45.0 Å². The summed E-state index contributed by atoms with van der Waals surface area (Å²) in [7, 11) is 1.53. The molecule has 0 radical (unpaired) electrons. The van der Waals surface area contributed by atoms with Crippen LogP contribution in [0.15, 0.2) is 0 Å². The average Bonchev–Trinajstić information content (AvgIpc) is 2.63. The van der Waals surface area contributed by atoms with E-state index < -0.39 is 23.5 Å². The number of hydrogen-bond acceptors (Lipinski definition) is 5. The van der Waals surface area contributed by atoms with Gasteiger partial charge in [-0.1, -0.05) is 85.5 Å². The third-order valence-electron chi connectivity index (χ3n) is 4.63. The van der Waals surface area contributed by atoms with E-state index in [4.69, 9.17) is 14.2 Å². The van der Waals surface area contributed by atoms with Gasteiger partial charge < -0.3 is 19.5 Å². The van der Waals surface area contributed by atoms with Gasteiger partial charge in [0.15, 0.2) is 0 Å². The Morgan fingerprint density at radius 3 is 1.82 bits per heavy atom. The number of hydrogen-bond donors (Lipinski definition) is 1. The molecule has 6 heteroatoms. The number of methoxy groups -OCH3 is 1. The smallest absolute Gasteiger partial charge is 0.407 e. The van der Waals surface area contributed by atoms with Gasteiger partial charge in [-0.25, -0.2) is 9.59 Å². The molecule has 6 nitrogen and oxygen atoms in total. The van der Waals surface area contributed by atoms with Gasteiger partial charge in [0.25, 0.3) is 0 Å². The third kappa shape index (κ3) is 14.7. The maximum absolute atomic E-state index is 12.4. The number of alkyl carbamates (subject to hydrolysis) is 1. The average molecular weight is 402 g/mol. The highest BCUT2D eigenvalue weighted by atomic mass is 16.6. The molecule has 1 atom stereocenters. The molecule has 0 aromatic carbocycles. The predicted octanol–water partition coefficient (Wildman–Crippen LogP) is 5.24. The first-order chi connectivity index (χ1) is 13.3. The largest absolute Gasteiger partial charge is 0.464 e. The molecule has 0 aromatic rings. The fourth-order valence-electron chi connectivity index (χ4n) is 2.85. The molecule has 0 aliphatic carbocycles. The van der Waals surface area contributed by atoms with Crippen LogP contribution in [0.5, 0.6) is 0 Å². The van der Waals surface area contributed by atoms with Crippen molar-refractivity contribution in [1.29, 1.82) is 0 Å². The normalized spacial score (nSPS) is 12.5. The van der Waals surface area contributed by atoms with Gasteiger partial charge in [-0.05, 0) is 11.8 Å². The summed E-state index contributed by atoms with van der Waals surface area (Å²) in [5.41, 5.74) is -0.463. The van der Waals surface area contributed by atoms with Gasteiger partial charge >= 0.3 is 12.1 Å². The Morgan fingerprint density at radius 1 is 0.786 bits per heavy atom. The standard InChI is InChI=1S/C22H43NO5/c1-6-7-8-9-10-11-12-13-14-15-16-27-20(24)19(22(2,3)4)23-21(25)28-18-17-26-5/h19H,6-18H2,1-5H3,(H,23,25). The minimum atomic E-state index is -0.745. The zero-order valence-corrected chi connectivity index (χ0v) is 18.8. The highest BCUT2D eigenvalue weighted by Gasteiger charge is 2.34. The van der Waals surface area contributed by atoms with Gasteiger partial charge in [0.05, 0.1) is 13.2 Å². The molecule has 0 heterocycles. The van der Waals surface area contributed by atoms with Crippen LogP contribution in [0.25, 0.3) is 0 Å². The number of amides is 1. The Bertz CT molecular complexity index is 406. The molecule has 0 bridgehead atoms. The van der Waals surface area contributed by atoms with Crippen molar-refractivity contribution in [2.24, 2.45) is 5.41 Å². The quantitative estimate of drug-likeness (QED) is 0.283. The zero-order chi connectivity index (χ0) is 21.3. The molecular weight excluding hydrogens is 358 g/mol. The molecule has 0 saturated heterocycles. The monoisotopic (exact) mass is 401 g/mol. The number of carbonyl (C=O) groups excluding carboxylic acids is 2. The van der Waals surface area contributed by atoms with E-state index in [1.165, 1.54) is 58.5 Å². The number of carbonyl (C=O) groups is 2. The first-order valence-electron chi connectivity index (χ1n) is 10.9. The summed E-state index contributed by atoms with van der Waals surface area (Å²) in [5, 5.41) is 2.61. The third-order valence-corrected chi connectivity index (χ3v) is 4.63. The van der Waals surface area contributed by atoms with Gasteiger partial charge in [0.1, 0.15) is 12.6 Å². The van der Waals surface area contributed by atoms with E-state index in [2.05, 4.69) is 12.2 Å². The molecule has 1 amide bonds. The summed E-state index contributed by atoms with van der Waals surface area (Å²) < 4.78 is 15.2. The van der Waals surface area contributed by atoms with E-state index in [0.29, 0.717) is 13.2 Å². The van der Waals surface area contributed by atoms with Gasteiger partial charge in [-0.3, -0.25) is 0 Å². The number of unbranched alkanes of at least 4 members (excludes halogenated alkanes) is 9. The second-order valence-electron chi connectivity index (χ2n) is 8.42. The van der Waals surface area contributed by atoms with Crippen LogP contribution in [0, 0.1) is 5.41 Å². The van der Waals surface area contributed by atoms with Crippen LogP contribution in [0.1, 0.15) is 91.9 Å². The van der Waals surface area contributed by atoms with Gasteiger partial charge in [-0.2, -0.15) is 0 Å². The summed E-state index contributed by atoms with van der Waals surface area (Å²) in [6.45, 7) is 8.74. The lowest BCUT2D eigenvalue weighted by Gasteiger charge is -2.29. The number of ether oxygens (including phenoxy) is 3. The molecule has 166 valence electrons. The lowest BCUT2D eigenvalue weighted by atomic mass is 9.87. The number of rotatable bonds is 16. The van der Waals surface area contributed by atoms with Crippen molar-refractivity contribution in [3.05, 3.63) is 0 Å². The first kappa shape index (κ1) is 26.7. The molecule has 1 unspecified atom stereocenters. The molecule has 0 aliphatic heterocycles. The topological polar surface area (TPSA) is 73.9 Å². The van der Waals surface area contributed by atoms with Gasteiger partial charge in [-0.15, -0.1) is 0 Å². The Labute approximate surface area is 172 Å². The van der Waals surface area contributed by atoms with Gasteiger partial charge in [0, 0.05) is 7.11 Å². The van der Waals surface area contributed by atoms with Crippen LogP contribution < -0.4 is 5.32 Å². The Morgan fingerprint density at radius 2 is 1.32 bits per heavy atom. The van der Waals surface area contributed by atoms with Crippen molar-refractivity contribution in [3.63, 3.8) is 0 Å². The number of nitrogens with one attached hydrogen (secondary N) is 1. The van der Waals surface area contributed by atoms with E-state index in [1.807, 2.05) is 20.8 Å². The summed E-state index contributed by atoms with van der Waals surface area (Å²) in [5.74, 6) is -0.410. The van der Waals surface area contributed by atoms with Crippen molar-refractivity contribution in [2.75, 3.05) is 26.9 Å². The molecule has 0 aliphatic rings. The lowest BCUT2D eigenvalue weighted by molar-refractivity contribution is -0.149. The van der Waals surface area contributed by atoms with Crippen LogP contribution in [0.3, 0.4) is 0 Å². The second kappa shape index (κ2) is 16.6. The lowest BCUT2D eigenvalue weighted by Crippen LogP contribution is -2.50. The van der Waals surface area contributed by atoms with Crippen molar-refractivity contribution < 1.29 is 23.8 Å². The van der Waals surface area contributed by atoms with E-state index in [0.717, 1.165) is 12.8 Å². The van der Waals surface area contributed by atoms with E-state index >= 15 is 0 Å². The molecule has 0 saturated carbocycles. The molecule has 28 heavy (non-hydrogen) atoms. The van der Waals surface area contributed by atoms with Crippen molar-refractivity contribution in [1.82, 2.24) is 5.32 Å². The van der Waals surface area contributed by atoms with E-state index in [1.54, 1.807) is 0 Å². The maximum Gasteiger partial charge on any atom is 0.407 e. The fraction of sp³-hybridized carbons (Fsp3) is 0.909. The fourth-order valence-corrected chi connectivity index (χ4v) is 2.85. The number of esters is 1. The van der Waals surface area contributed by atoms with Crippen LogP contribution in [0.2, 0.25) is 0 Å².